The van der Waals surface area contributed by atoms with Gasteiger partial charge < -0.3 is 4.74 Å². The van der Waals surface area contributed by atoms with Gasteiger partial charge in [-0.25, -0.2) is 0 Å². The van der Waals surface area contributed by atoms with E-state index in [1.54, 1.807) is 13.2 Å². The fourth-order valence-corrected chi connectivity index (χ4v) is 3.00. The zero-order valence-corrected chi connectivity index (χ0v) is 14.7. The molecule has 4 aromatic rings. The van der Waals surface area contributed by atoms with E-state index in [0.29, 0.717) is 10.8 Å². The highest BCUT2D eigenvalue weighted by Gasteiger charge is 2.14. The van der Waals surface area contributed by atoms with Gasteiger partial charge in [0.25, 0.3) is 0 Å². The summed E-state index contributed by atoms with van der Waals surface area (Å²) in [5.74, 6) is 1.39. The van der Waals surface area contributed by atoms with Crippen LogP contribution >= 0.6 is 11.6 Å². The molecule has 0 aliphatic heterocycles. The number of halogens is 1. The van der Waals surface area contributed by atoms with Gasteiger partial charge in [-0.2, -0.15) is 0 Å². The highest BCUT2D eigenvalue weighted by Crippen LogP contribution is 2.32. The van der Waals surface area contributed by atoms with Crippen molar-refractivity contribution in [3.8, 4) is 28.3 Å². The third-order valence-electron chi connectivity index (χ3n) is 4.19. The smallest absolute Gasteiger partial charge is 0.172 e. The Bertz CT molecular complexity index is 1050. The van der Waals surface area contributed by atoms with Crippen LogP contribution in [0.4, 0.5) is 0 Å². The van der Waals surface area contributed by atoms with Crippen LogP contribution in [0, 0.1) is 6.92 Å². The second kappa shape index (κ2) is 6.22. The van der Waals surface area contributed by atoms with E-state index in [1.165, 1.54) is 5.56 Å². The number of hydrogen-bond acceptors (Lipinski definition) is 3. The first kappa shape index (κ1) is 15.7. The molecule has 0 amide bonds. The second-order valence-electron chi connectivity index (χ2n) is 5.88. The molecule has 0 atom stereocenters. The summed E-state index contributed by atoms with van der Waals surface area (Å²) in [6, 6.07) is 18.0. The zero-order chi connectivity index (χ0) is 17.4. The molecule has 2 aromatic heterocycles. The van der Waals surface area contributed by atoms with E-state index in [0.717, 1.165) is 28.2 Å². The van der Waals surface area contributed by atoms with Crippen LogP contribution < -0.4 is 4.74 Å². The number of nitrogens with zero attached hydrogens (tertiary/aromatic N) is 3. The number of aromatic nitrogens is 3. The van der Waals surface area contributed by atoms with E-state index >= 15 is 0 Å². The van der Waals surface area contributed by atoms with E-state index in [-0.39, 0.29) is 0 Å². The molecule has 2 aromatic carbocycles. The van der Waals surface area contributed by atoms with Crippen LogP contribution in [-0.2, 0) is 0 Å². The lowest BCUT2D eigenvalue weighted by atomic mass is 10.1. The molecule has 0 spiro atoms. The van der Waals surface area contributed by atoms with E-state index in [1.807, 2.05) is 28.8 Å². The van der Waals surface area contributed by atoms with Crippen LogP contribution in [0.2, 0.25) is 5.02 Å². The van der Waals surface area contributed by atoms with Crippen molar-refractivity contribution in [1.82, 2.24) is 14.6 Å². The molecular weight excluding hydrogens is 334 g/mol. The predicted octanol–water partition coefficient (Wildman–Crippen LogP) is 5.03. The molecule has 4 rings (SSSR count). The van der Waals surface area contributed by atoms with Gasteiger partial charge in [0, 0.05) is 11.2 Å². The highest BCUT2D eigenvalue weighted by atomic mass is 35.5. The molecule has 0 bridgehead atoms. The summed E-state index contributed by atoms with van der Waals surface area (Å²) in [4.78, 5) is 0. The Morgan fingerprint density at radius 1 is 0.920 bits per heavy atom. The Labute approximate surface area is 150 Å². The summed E-state index contributed by atoms with van der Waals surface area (Å²) in [5.41, 5.74) is 5.11. The Balaban J connectivity index is 1.89. The van der Waals surface area contributed by atoms with E-state index in [9.17, 15) is 0 Å². The van der Waals surface area contributed by atoms with Gasteiger partial charge in [0.15, 0.2) is 11.5 Å². The minimum atomic E-state index is 0.620. The number of benzene rings is 2. The molecule has 0 saturated carbocycles. The summed E-state index contributed by atoms with van der Waals surface area (Å²) in [5, 5.41) is 9.23. The maximum Gasteiger partial charge on any atom is 0.172 e. The lowest BCUT2D eigenvalue weighted by Crippen LogP contribution is -1.94. The molecule has 2 heterocycles. The minimum Gasteiger partial charge on any atom is -0.496 e. The molecule has 0 fully saturated rings. The number of hydrogen-bond donors (Lipinski definition) is 0. The topological polar surface area (TPSA) is 39.4 Å². The number of fused-ring (bicyclic) bond motifs is 1. The molecule has 0 radical (unpaired) electrons. The summed E-state index contributed by atoms with van der Waals surface area (Å²) in [6.07, 6.45) is 2.05. The van der Waals surface area contributed by atoms with Gasteiger partial charge in [0.1, 0.15) is 5.75 Å². The van der Waals surface area contributed by atoms with Gasteiger partial charge in [-0.3, -0.25) is 4.40 Å². The van der Waals surface area contributed by atoms with Crippen LogP contribution in [0.15, 0.2) is 60.8 Å². The second-order valence-corrected chi connectivity index (χ2v) is 6.32. The molecular formula is C20H16ClN3O. The highest BCUT2D eigenvalue weighted by molar-refractivity contribution is 6.30. The average molecular weight is 350 g/mol. The van der Waals surface area contributed by atoms with Crippen molar-refractivity contribution < 1.29 is 4.74 Å². The van der Waals surface area contributed by atoms with Crippen LogP contribution in [-0.4, -0.2) is 21.7 Å². The first-order chi connectivity index (χ1) is 12.2. The Morgan fingerprint density at radius 2 is 1.68 bits per heavy atom. The van der Waals surface area contributed by atoms with Crippen molar-refractivity contribution in [2.75, 3.05) is 7.11 Å². The van der Waals surface area contributed by atoms with Crippen LogP contribution in [0.1, 0.15) is 5.56 Å². The standard InChI is InChI=1S/C20H16ClN3O/c1-13-3-5-14(6-4-13)15-7-10-19-22-23-20(24(19)12-15)17-9-8-16(21)11-18(17)25-2/h3-12H,1-2H3. The monoisotopic (exact) mass is 349 g/mol. The first-order valence-electron chi connectivity index (χ1n) is 7.91. The van der Waals surface area contributed by atoms with Crippen molar-refractivity contribution in [3.63, 3.8) is 0 Å². The summed E-state index contributed by atoms with van der Waals surface area (Å²) in [7, 11) is 1.62. The lowest BCUT2D eigenvalue weighted by Gasteiger charge is -2.09. The normalized spacial score (nSPS) is 11.0. The van der Waals surface area contributed by atoms with E-state index < -0.39 is 0 Å². The number of methoxy groups -OCH3 is 1. The quantitative estimate of drug-likeness (QED) is 0.520. The van der Waals surface area contributed by atoms with Crippen molar-refractivity contribution in [1.29, 1.82) is 0 Å². The van der Waals surface area contributed by atoms with Crippen LogP contribution in [0.25, 0.3) is 28.2 Å². The zero-order valence-electron chi connectivity index (χ0n) is 13.9. The maximum atomic E-state index is 6.07. The summed E-state index contributed by atoms with van der Waals surface area (Å²) in [6.45, 7) is 2.08. The Morgan fingerprint density at radius 3 is 2.44 bits per heavy atom. The van der Waals surface area contributed by atoms with E-state index in [2.05, 4.69) is 47.5 Å². The van der Waals surface area contributed by atoms with Gasteiger partial charge in [0.05, 0.1) is 12.7 Å². The van der Waals surface area contributed by atoms with Gasteiger partial charge in [0.2, 0.25) is 0 Å². The maximum absolute atomic E-state index is 6.07. The Kier molecular flexibility index (Phi) is 3.90. The largest absolute Gasteiger partial charge is 0.496 e. The molecule has 0 aliphatic carbocycles. The van der Waals surface area contributed by atoms with Crippen molar-refractivity contribution >= 4 is 17.2 Å². The third kappa shape index (κ3) is 2.85. The summed E-state index contributed by atoms with van der Waals surface area (Å²) < 4.78 is 7.43. The summed E-state index contributed by atoms with van der Waals surface area (Å²) >= 11 is 6.07. The fourth-order valence-electron chi connectivity index (χ4n) is 2.84. The lowest BCUT2D eigenvalue weighted by molar-refractivity contribution is 0.416. The number of rotatable bonds is 3. The average Bonchev–Trinajstić information content (AvgIpc) is 3.05. The van der Waals surface area contributed by atoms with Gasteiger partial charge >= 0.3 is 0 Å². The molecule has 4 nitrogen and oxygen atoms in total. The third-order valence-corrected chi connectivity index (χ3v) is 4.43. The number of ether oxygens (including phenoxy) is 1. The molecule has 0 unspecified atom stereocenters. The predicted molar refractivity (Wildman–Crippen MR) is 100 cm³/mol. The minimum absolute atomic E-state index is 0.620. The van der Waals surface area contributed by atoms with Gasteiger partial charge in [-0.05, 0) is 48.4 Å². The van der Waals surface area contributed by atoms with Gasteiger partial charge in [-0.1, -0.05) is 41.4 Å². The van der Waals surface area contributed by atoms with Crippen LogP contribution in [0.3, 0.4) is 0 Å². The molecule has 0 saturated heterocycles. The van der Waals surface area contributed by atoms with Crippen molar-refractivity contribution in [2.45, 2.75) is 6.92 Å². The SMILES string of the molecule is COc1cc(Cl)ccc1-c1nnc2ccc(-c3ccc(C)cc3)cn12. The molecule has 124 valence electrons. The number of pyridine rings is 1. The molecule has 0 aliphatic rings. The van der Waals surface area contributed by atoms with E-state index in [4.69, 9.17) is 16.3 Å². The van der Waals surface area contributed by atoms with Crippen LogP contribution in [0.5, 0.6) is 5.75 Å². The van der Waals surface area contributed by atoms with Crippen molar-refractivity contribution in [2.24, 2.45) is 0 Å². The Hall–Kier alpha value is -2.85. The first-order valence-corrected chi connectivity index (χ1v) is 8.29. The van der Waals surface area contributed by atoms with Crippen molar-refractivity contribution in [3.05, 3.63) is 71.4 Å². The molecule has 5 heteroatoms. The number of aryl methyl sites for hydroxylation is 1. The fraction of sp³-hybridized carbons (Fsp3) is 0.100. The molecule has 25 heavy (non-hydrogen) atoms. The van der Waals surface area contributed by atoms with Gasteiger partial charge in [-0.15, -0.1) is 10.2 Å². The molecule has 0 N–H and O–H groups in total.